The Morgan fingerprint density at radius 2 is 1.76 bits per heavy atom. The van der Waals surface area contributed by atoms with Crippen molar-refractivity contribution in [3.05, 3.63) is 82.1 Å². The lowest BCUT2D eigenvalue weighted by Crippen LogP contribution is -2.49. The molecule has 0 bridgehead atoms. The van der Waals surface area contributed by atoms with Gasteiger partial charge in [0.05, 0.1) is 15.6 Å². The van der Waals surface area contributed by atoms with Crippen molar-refractivity contribution in [2.75, 3.05) is 31.1 Å². The Labute approximate surface area is 220 Å². The van der Waals surface area contributed by atoms with Crippen LogP contribution in [0.5, 0.6) is 0 Å². The van der Waals surface area contributed by atoms with Crippen LogP contribution < -0.4 is 21.6 Å². The molecule has 2 amide bonds. The van der Waals surface area contributed by atoms with Crippen LogP contribution in [0.15, 0.2) is 65.6 Å². The zero-order valence-corrected chi connectivity index (χ0v) is 21.0. The largest absolute Gasteiger partial charge is 0.445 e. The Bertz CT molecular complexity index is 1740. The number of ether oxygens (including phenoxy) is 1. The Morgan fingerprint density at radius 3 is 2.53 bits per heavy atom. The van der Waals surface area contributed by atoms with Crippen molar-refractivity contribution < 1.29 is 14.3 Å². The zero-order valence-electron chi connectivity index (χ0n) is 20.2. The molecule has 38 heavy (non-hydrogen) atoms. The highest BCUT2D eigenvalue weighted by Crippen LogP contribution is 2.31. The van der Waals surface area contributed by atoms with E-state index in [-0.39, 0.29) is 23.6 Å². The molecule has 1 aliphatic heterocycles. The highest BCUT2D eigenvalue weighted by Gasteiger charge is 2.26. The lowest BCUT2D eigenvalue weighted by molar-refractivity contribution is 0.0937. The number of carbonyl (C=O) groups excluding carboxylic acids is 2. The van der Waals surface area contributed by atoms with E-state index in [9.17, 15) is 14.4 Å². The number of aromatic nitrogens is 3. The first-order chi connectivity index (χ1) is 18.5. The summed E-state index contributed by atoms with van der Waals surface area (Å²) in [6, 6.07) is 17.2. The van der Waals surface area contributed by atoms with Gasteiger partial charge in [0.2, 0.25) is 11.4 Å². The number of para-hydroxylation sites is 1. The van der Waals surface area contributed by atoms with E-state index < -0.39 is 11.3 Å². The van der Waals surface area contributed by atoms with Gasteiger partial charge in [0.25, 0.3) is 5.91 Å². The van der Waals surface area contributed by atoms with Gasteiger partial charge in [-0.1, -0.05) is 42.5 Å². The average molecular weight is 530 g/mol. The van der Waals surface area contributed by atoms with Crippen LogP contribution in [0.4, 0.5) is 10.7 Å². The molecule has 0 atom stereocenters. The van der Waals surface area contributed by atoms with Crippen molar-refractivity contribution in [1.29, 1.82) is 0 Å². The van der Waals surface area contributed by atoms with E-state index in [4.69, 9.17) is 15.6 Å². The highest BCUT2D eigenvalue weighted by atomic mass is 32.1. The fourth-order valence-corrected chi connectivity index (χ4v) is 5.79. The molecule has 1 saturated heterocycles. The summed E-state index contributed by atoms with van der Waals surface area (Å²) < 4.78 is 8.16. The number of piperazine rings is 1. The number of thiazole rings is 1. The minimum atomic E-state index is -0.666. The number of pyridine rings is 1. The molecule has 3 aromatic heterocycles. The zero-order chi connectivity index (χ0) is 26.2. The van der Waals surface area contributed by atoms with Gasteiger partial charge in [-0.2, -0.15) is 4.98 Å². The number of rotatable bonds is 4. The minimum absolute atomic E-state index is 0.0415. The third-order valence-corrected chi connectivity index (χ3v) is 7.70. The van der Waals surface area contributed by atoms with Crippen molar-refractivity contribution in [2.24, 2.45) is 5.84 Å². The molecule has 0 saturated carbocycles. The Kier molecular flexibility index (Phi) is 6.10. The minimum Gasteiger partial charge on any atom is -0.445 e. The molecule has 192 valence electrons. The van der Waals surface area contributed by atoms with Crippen molar-refractivity contribution in [2.45, 2.75) is 6.61 Å². The van der Waals surface area contributed by atoms with Crippen LogP contribution in [0.25, 0.3) is 26.1 Å². The summed E-state index contributed by atoms with van der Waals surface area (Å²) in [6.07, 6.45) is 1.09. The first kappa shape index (κ1) is 23.8. The predicted molar refractivity (Wildman–Crippen MR) is 144 cm³/mol. The van der Waals surface area contributed by atoms with Crippen LogP contribution in [-0.4, -0.2) is 57.4 Å². The quantitative estimate of drug-likeness (QED) is 0.206. The van der Waals surface area contributed by atoms with E-state index in [1.807, 2.05) is 63.9 Å². The summed E-state index contributed by atoms with van der Waals surface area (Å²) in [6.45, 7) is 2.12. The van der Waals surface area contributed by atoms with E-state index in [0.717, 1.165) is 15.8 Å². The second-order valence-corrected chi connectivity index (χ2v) is 9.84. The van der Waals surface area contributed by atoms with E-state index in [1.165, 1.54) is 17.5 Å². The SMILES string of the molecule is NNC(=O)c1c(=O)c2cnc(N3CCN(C(=O)OCc4ccccc4)CC3)nc2n2c1sc1ccccc12. The maximum atomic E-state index is 13.3. The number of nitrogen functional groups attached to an aromatic ring is 1. The molecular weight excluding hydrogens is 506 g/mol. The summed E-state index contributed by atoms with van der Waals surface area (Å²) in [5.74, 6) is 5.16. The molecule has 0 radical (unpaired) electrons. The molecule has 0 aliphatic carbocycles. The van der Waals surface area contributed by atoms with Crippen LogP contribution in [0.1, 0.15) is 15.9 Å². The number of anilines is 1. The van der Waals surface area contributed by atoms with Crippen LogP contribution in [0, 0.1) is 0 Å². The number of amides is 2. The first-order valence-corrected chi connectivity index (χ1v) is 12.8. The molecular formula is C26H23N7O4S. The van der Waals surface area contributed by atoms with Crippen molar-refractivity contribution in [1.82, 2.24) is 24.7 Å². The maximum Gasteiger partial charge on any atom is 0.410 e. The summed E-state index contributed by atoms with van der Waals surface area (Å²) in [5, 5.41) is 0.219. The molecule has 5 aromatic rings. The van der Waals surface area contributed by atoms with E-state index in [1.54, 1.807) is 4.90 Å². The molecule has 12 heteroatoms. The topological polar surface area (TPSA) is 135 Å². The fraction of sp³-hybridized carbons (Fsp3) is 0.192. The van der Waals surface area contributed by atoms with Gasteiger partial charge < -0.3 is 14.5 Å². The lowest BCUT2D eigenvalue weighted by Gasteiger charge is -2.34. The Balaban J connectivity index is 1.30. The third-order valence-electron chi connectivity index (χ3n) is 6.55. The molecule has 3 N–H and O–H groups in total. The van der Waals surface area contributed by atoms with E-state index in [0.29, 0.717) is 42.6 Å². The number of hydrazine groups is 1. The summed E-state index contributed by atoms with van der Waals surface area (Å²) in [4.78, 5) is 51.7. The second kappa shape index (κ2) is 9.72. The summed E-state index contributed by atoms with van der Waals surface area (Å²) in [7, 11) is 0. The number of hydrogen-bond acceptors (Lipinski definition) is 9. The van der Waals surface area contributed by atoms with Gasteiger partial charge >= 0.3 is 6.09 Å². The van der Waals surface area contributed by atoms with Gasteiger partial charge in [0.15, 0.2) is 5.65 Å². The smallest absolute Gasteiger partial charge is 0.410 e. The molecule has 6 rings (SSSR count). The molecule has 1 aliphatic rings. The molecule has 4 heterocycles. The number of carbonyl (C=O) groups is 2. The van der Waals surface area contributed by atoms with Gasteiger partial charge in [-0.3, -0.25) is 19.4 Å². The summed E-state index contributed by atoms with van der Waals surface area (Å²) >= 11 is 1.32. The molecule has 0 spiro atoms. The Hall–Kier alpha value is -4.55. The average Bonchev–Trinajstić information content (AvgIpc) is 3.35. The van der Waals surface area contributed by atoms with Crippen molar-refractivity contribution in [3.8, 4) is 0 Å². The van der Waals surface area contributed by atoms with Gasteiger partial charge in [-0.25, -0.2) is 15.6 Å². The highest BCUT2D eigenvalue weighted by molar-refractivity contribution is 7.24. The standard InChI is InChI=1S/C26H23N7O4S/c27-30-23(35)20-21(34)17-14-28-25(29-22(17)33-18-8-4-5-9-19(18)38-24(20)33)31-10-12-32(13-11-31)26(36)37-15-16-6-2-1-3-7-16/h1-9,14H,10-13,15,27H2,(H,30,35). The second-order valence-electron chi connectivity index (χ2n) is 8.81. The van der Waals surface area contributed by atoms with Gasteiger partial charge in [-0.15, -0.1) is 11.3 Å². The molecule has 11 nitrogen and oxygen atoms in total. The van der Waals surface area contributed by atoms with Crippen molar-refractivity contribution >= 4 is 55.4 Å². The normalized spacial score (nSPS) is 13.8. The first-order valence-electron chi connectivity index (χ1n) is 12.0. The van der Waals surface area contributed by atoms with Crippen LogP contribution in [-0.2, 0) is 11.3 Å². The molecule has 1 fully saturated rings. The van der Waals surface area contributed by atoms with Crippen LogP contribution >= 0.6 is 11.3 Å². The molecule has 0 unspecified atom stereocenters. The number of hydrogen-bond donors (Lipinski definition) is 2. The Morgan fingerprint density at radius 1 is 1.03 bits per heavy atom. The van der Waals surface area contributed by atoms with Gasteiger partial charge in [-0.05, 0) is 17.7 Å². The van der Waals surface area contributed by atoms with E-state index in [2.05, 4.69) is 10.4 Å². The lowest BCUT2D eigenvalue weighted by atomic mass is 10.2. The van der Waals surface area contributed by atoms with Crippen molar-refractivity contribution in [3.63, 3.8) is 0 Å². The van der Waals surface area contributed by atoms with E-state index >= 15 is 0 Å². The molecule has 2 aromatic carbocycles. The number of nitrogens with two attached hydrogens (primary N) is 1. The number of benzene rings is 2. The maximum absolute atomic E-state index is 13.3. The fourth-order valence-electron chi connectivity index (χ4n) is 4.61. The van der Waals surface area contributed by atoms with Gasteiger partial charge in [0.1, 0.15) is 17.0 Å². The number of fused-ring (bicyclic) bond motifs is 5. The third kappa shape index (κ3) is 4.09. The summed E-state index contributed by atoms with van der Waals surface area (Å²) in [5.41, 5.74) is 3.72. The monoisotopic (exact) mass is 529 g/mol. The van der Waals surface area contributed by atoms with Crippen LogP contribution in [0.2, 0.25) is 0 Å². The van der Waals surface area contributed by atoms with Crippen LogP contribution in [0.3, 0.4) is 0 Å². The number of nitrogens with one attached hydrogen (secondary N) is 1. The number of nitrogens with zero attached hydrogens (tertiary/aromatic N) is 5. The predicted octanol–water partition coefficient (Wildman–Crippen LogP) is 2.52. The van der Waals surface area contributed by atoms with Gasteiger partial charge in [0, 0.05) is 32.4 Å².